The number of aryl methyl sites for hydroxylation is 6. The highest BCUT2D eigenvalue weighted by atomic mass is 16.3. The van der Waals surface area contributed by atoms with E-state index in [9.17, 15) is 0 Å². The third-order valence-electron chi connectivity index (χ3n) is 13.6. The van der Waals surface area contributed by atoms with Crippen molar-refractivity contribution in [2.24, 2.45) is 0 Å². The Morgan fingerprint density at radius 1 is 0.466 bits per heavy atom. The summed E-state index contributed by atoms with van der Waals surface area (Å²) in [7, 11) is 0. The van der Waals surface area contributed by atoms with Gasteiger partial charge in [-0.25, -0.2) is 0 Å². The molecule has 0 unspecified atom stereocenters. The standard InChI is InChI=1S/C54H39BN2O/c1-28-23-30(3)46(31(4)24-28)37-16-12-19-43-48(37)49-38(47-32(5)25-29(2)26-33(47)6)21-22-41-53(49)56(43)44-27-40-35-14-8-10-20-45(35)58-54(40)50-39-17-11-15-36-34-13-7-9-18-42(34)57(52(36)39)55(41)51(44)50/h7-27H,1-6H3. The third kappa shape index (κ3) is 3.86. The van der Waals surface area contributed by atoms with Crippen molar-refractivity contribution >= 4 is 83.3 Å². The Labute approximate surface area is 336 Å². The van der Waals surface area contributed by atoms with Crippen LogP contribution in [0, 0.1) is 41.5 Å². The summed E-state index contributed by atoms with van der Waals surface area (Å²) in [6.07, 6.45) is 0. The van der Waals surface area contributed by atoms with Crippen molar-refractivity contribution in [2.75, 3.05) is 0 Å². The van der Waals surface area contributed by atoms with E-state index in [1.54, 1.807) is 0 Å². The molecule has 4 heteroatoms. The van der Waals surface area contributed by atoms with Crippen LogP contribution in [0.1, 0.15) is 33.4 Å². The highest BCUT2D eigenvalue weighted by Gasteiger charge is 2.43. The molecule has 5 heterocycles. The molecule has 0 atom stereocenters. The first-order valence-electron chi connectivity index (χ1n) is 20.6. The molecule has 0 fully saturated rings. The molecule has 0 saturated heterocycles. The molecular formula is C54H39BN2O. The topological polar surface area (TPSA) is 23.0 Å². The summed E-state index contributed by atoms with van der Waals surface area (Å²) in [6.45, 7) is 13.5. The van der Waals surface area contributed by atoms with Gasteiger partial charge in [-0.1, -0.05) is 114 Å². The lowest BCUT2D eigenvalue weighted by Gasteiger charge is -2.34. The zero-order valence-corrected chi connectivity index (χ0v) is 33.5. The second-order valence-electron chi connectivity index (χ2n) is 17.2. The van der Waals surface area contributed by atoms with Crippen molar-refractivity contribution < 1.29 is 4.42 Å². The molecule has 3 aromatic heterocycles. The van der Waals surface area contributed by atoms with Crippen LogP contribution in [0.15, 0.2) is 132 Å². The smallest absolute Gasteiger partial charge is 0.333 e. The van der Waals surface area contributed by atoms with Crippen LogP contribution in [0.2, 0.25) is 0 Å². The Kier molecular flexibility index (Phi) is 6.13. The van der Waals surface area contributed by atoms with Gasteiger partial charge >= 0.3 is 6.85 Å². The quantitative estimate of drug-likeness (QED) is 0.162. The van der Waals surface area contributed by atoms with Gasteiger partial charge in [-0.2, -0.15) is 0 Å². The van der Waals surface area contributed by atoms with Gasteiger partial charge in [-0.05, 0) is 121 Å². The summed E-state index contributed by atoms with van der Waals surface area (Å²) >= 11 is 0. The molecule has 2 aliphatic heterocycles. The molecule has 0 radical (unpaired) electrons. The highest BCUT2D eigenvalue weighted by molar-refractivity contribution is 6.90. The number of furan rings is 1. The molecule has 0 amide bonds. The Morgan fingerprint density at radius 2 is 1.07 bits per heavy atom. The van der Waals surface area contributed by atoms with E-state index in [4.69, 9.17) is 4.42 Å². The van der Waals surface area contributed by atoms with Gasteiger partial charge in [0.15, 0.2) is 0 Å². The van der Waals surface area contributed by atoms with E-state index in [1.165, 1.54) is 127 Å². The third-order valence-corrected chi connectivity index (χ3v) is 13.6. The molecule has 0 aliphatic carbocycles. The zero-order chi connectivity index (χ0) is 38.9. The second kappa shape index (κ2) is 11.0. The van der Waals surface area contributed by atoms with Crippen molar-refractivity contribution in [3.8, 4) is 39.1 Å². The Morgan fingerprint density at radius 3 is 1.81 bits per heavy atom. The molecule has 13 rings (SSSR count). The van der Waals surface area contributed by atoms with Crippen molar-refractivity contribution in [1.82, 2.24) is 9.05 Å². The predicted molar refractivity (Wildman–Crippen MR) is 246 cm³/mol. The molecule has 0 saturated carbocycles. The van der Waals surface area contributed by atoms with Crippen LogP contribution in [-0.4, -0.2) is 15.9 Å². The maximum Gasteiger partial charge on any atom is 0.333 e. The predicted octanol–water partition coefficient (Wildman–Crippen LogP) is 12.9. The van der Waals surface area contributed by atoms with Crippen LogP contribution < -0.4 is 10.9 Å². The Bertz CT molecular complexity index is 3660. The number of hydrogen-bond acceptors (Lipinski definition) is 1. The Balaban J connectivity index is 1.31. The number of hydrogen-bond donors (Lipinski definition) is 0. The number of benzene rings is 8. The largest absolute Gasteiger partial charge is 0.455 e. The van der Waals surface area contributed by atoms with Crippen molar-refractivity contribution in [1.29, 1.82) is 0 Å². The van der Waals surface area contributed by atoms with Crippen LogP contribution in [0.5, 0.6) is 0 Å². The molecule has 2 aliphatic rings. The van der Waals surface area contributed by atoms with Crippen LogP contribution in [0.25, 0.3) is 105 Å². The first-order valence-corrected chi connectivity index (χ1v) is 20.6. The van der Waals surface area contributed by atoms with E-state index in [2.05, 4.69) is 178 Å². The van der Waals surface area contributed by atoms with Gasteiger partial charge in [0.05, 0.1) is 11.0 Å². The van der Waals surface area contributed by atoms with Gasteiger partial charge in [0.25, 0.3) is 0 Å². The monoisotopic (exact) mass is 742 g/mol. The molecule has 0 spiro atoms. The lowest BCUT2D eigenvalue weighted by atomic mass is 9.45. The lowest BCUT2D eigenvalue weighted by molar-refractivity contribution is 0.670. The van der Waals surface area contributed by atoms with Crippen molar-refractivity contribution in [3.05, 3.63) is 161 Å². The average Bonchev–Trinajstić information content (AvgIpc) is 3.87. The van der Waals surface area contributed by atoms with Crippen LogP contribution in [-0.2, 0) is 0 Å². The van der Waals surface area contributed by atoms with Crippen LogP contribution in [0.3, 0.4) is 0 Å². The highest BCUT2D eigenvalue weighted by Crippen LogP contribution is 2.50. The number of nitrogens with zero attached hydrogens (tertiary/aromatic N) is 2. The molecule has 3 nitrogen and oxygen atoms in total. The Hall–Kier alpha value is -6.78. The van der Waals surface area contributed by atoms with Gasteiger partial charge in [0, 0.05) is 60.2 Å². The number of aromatic nitrogens is 2. The maximum atomic E-state index is 6.98. The van der Waals surface area contributed by atoms with Crippen molar-refractivity contribution in [3.63, 3.8) is 0 Å². The van der Waals surface area contributed by atoms with Gasteiger partial charge in [0.1, 0.15) is 11.2 Å². The molecule has 58 heavy (non-hydrogen) atoms. The first kappa shape index (κ1) is 32.3. The minimum absolute atomic E-state index is 0.0696. The van der Waals surface area contributed by atoms with Gasteiger partial charge in [0.2, 0.25) is 0 Å². The van der Waals surface area contributed by atoms with Gasteiger partial charge in [-0.15, -0.1) is 0 Å². The number of rotatable bonds is 2. The van der Waals surface area contributed by atoms with E-state index < -0.39 is 0 Å². The van der Waals surface area contributed by atoms with Crippen LogP contribution in [0.4, 0.5) is 0 Å². The molecule has 274 valence electrons. The maximum absolute atomic E-state index is 6.98. The summed E-state index contributed by atoms with van der Waals surface area (Å²) < 4.78 is 12.3. The molecular weight excluding hydrogens is 703 g/mol. The minimum Gasteiger partial charge on any atom is -0.455 e. The summed E-state index contributed by atoms with van der Waals surface area (Å²) in [5, 5.41) is 7.52. The summed E-state index contributed by atoms with van der Waals surface area (Å²) in [5.41, 5.74) is 26.3. The normalized spacial score (nSPS) is 13.0. The molecule has 8 aromatic carbocycles. The van der Waals surface area contributed by atoms with Gasteiger partial charge in [-0.3, -0.25) is 0 Å². The van der Waals surface area contributed by atoms with Crippen LogP contribution >= 0.6 is 0 Å². The van der Waals surface area contributed by atoms with E-state index in [-0.39, 0.29) is 6.85 Å². The zero-order valence-electron chi connectivity index (χ0n) is 33.5. The SMILES string of the molecule is Cc1cc(C)c(-c2cccc3c2c2c(-c4c(C)cc(C)cc4C)ccc4c2n3-c2cc3c(oc5ccccc53)c3c2B4n2c4ccccc4c4cccc-3c42)c(C)c1. The lowest BCUT2D eigenvalue weighted by Crippen LogP contribution is -2.55. The van der Waals surface area contributed by atoms with E-state index in [0.717, 1.165) is 21.9 Å². The van der Waals surface area contributed by atoms with E-state index in [1.807, 2.05) is 0 Å². The number of fused-ring (bicyclic) bond motifs is 14. The number of para-hydroxylation sites is 3. The first-order chi connectivity index (χ1) is 28.3. The summed E-state index contributed by atoms with van der Waals surface area (Å²) in [6, 6.07) is 48.2. The average molecular weight is 743 g/mol. The van der Waals surface area contributed by atoms with Crippen molar-refractivity contribution in [2.45, 2.75) is 41.5 Å². The van der Waals surface area contributed by atoms with Gasteiger partial charge < -0.3 is 13.5 Å². The second-order valence-corrected chi connectivity index (χ2v) is 17.2. The molecule has 0 N–H and O–H groups in total. The van der Waals surface area contributed by atoms with E-state index >= 15 is 0 Å². The fraction of sp³-hybridized carbons (Fsp3) is 0.111. The fourth-order valence-electron chi connectivity index (χ4n) is 11.8. The molecule has 11 aromatic rings. The molecule has 0 bridgehead atoms. The summed E-state index contributed by atoms with van der Waals surface area (Å²) in [4.78, 5) is 0. The van der Waals surface area contributed by atoms with E-state index in [0.29, 0.717) is 0 Å². The summed E-state index contributed by atoms with van der Waals surface area (Å²) in [5.74, 6) is 0. The fourth-order valence-corrected chi connectivity index (χ4v) is 11.8. The minimum atomic E-state index is -0.0696.